The van der Waals surface area contributed by atoms with Gasteiger partial charge in [0.1, 0.15) is 11.6 Å². The first-order chi connectivity index (χ1) is 16.9. The van der Waals surface area contributed by atoms with Crippen molar-refractivity contribution in [2.24, 2.45) is 5.10 Å². The molecule has 0 aliphatic rings. The first-order valence-corrected chi connectivity index (χ1v) is 10.9. The Bertz CT molecular complexity index is 1240. The van der Waals surface area contributed by atoms with Crippen LogP contribution in [0.4, 0.5) is 10.1 Å². The minimum absolute atomic E-state index is 0.0415. The van der Waals surface area contributed by atoms with E-state index in [9.17, 15) is 14.0 Å². The van der Waals surface area contributed by atoms with E-state index < -0.39 is 24.2 Å². The van der Waals surface area contributed by atoms with Crippen LogP contribution in [0.3, 0.4) is 0 Å². The number of nitrogens with one attached hydrogen (secondary N) is 2. The Hall–Kier alpha value is -4.11. The highest BCUT2D eigenvalue weighted by Crippen LogP contribution is 2.36. The predicted molar refractivity (Wildman–Crippen MR) is 131 cm³/mol. The van der Waals surface area contributed by atoms with Crippen LogP contribution in [-0.4, -0.2) is 38.4 Å². The average molecular weight is 500 g/mol. The third kappa shape index (κ3) is 7.18. The molecule has 0 aliphatic carbocycles. The Labute approximate surface area is 206 Å². The molecule has 10 heteroatoms. The molecule has 2 N–H and O–H groups in total. The molecule has 0 bridgehead atoms. The van der Waals surface area contributed by atoms with E-state index in [1.165, 1.54) is 37.6 Å². The fraction of sp³-hybridized carbons (Fsp3) is 0.160. The number of amides is 2. The highest BCUT2D eigenvalue weighted by atomic mass is 35.5. The summed E-state index contributed by atoms with van der Waals surface area (Å²) in [4.78, 5) is 24.5. The quantitative estimate of drug-likeness (QED) is 0.312. The molecule has 0 heterocycles. The van der Waals surface area contributed by atoms with Crippen molar-refractivity contribution < 1.29 is 28.2 Å². The average Bonchev–Trinajstić information content (AvgIpc) is 2.85. The number of carbonyl (C=O) groups is 2. The van der Waals surface area contributed by atoms with E-state index in [2.05, 4.69) is 15.8 Å². The summed E-state index contributed by atoms with van der Waals surface area (Å²) in [6.07, 6.45) is 1.39. The normalized spacial score (nSPS) is 10.6. The van der Waals surface area contributed by atoms with Gasteiger partial charge in [0.25, 0.3) is 11.8 Å². The second-order valence-electron chi connectivity index (χ2n) is 7.01. The second kappa shape index (κ2) is 12.4. The molecular weight excluding hydrogens is 477 g/mol. The summed E-state index contributed by atoms with van der Waals surface area (Å²) in [5.74, 6) is -0.574. The molecule has 0 atom stereocenters. The molecule has 0 saturated heterocycles. The van der Waals surface area contributed by atoms with Gasteiger partial charge < -0.3 is 19.5 Å². The first kappa shape index (κ1) is 25.5. The molecule has 0 radical (unpaired) electrons. The summed E-state index contributed by atoms with van der Waals surface area (Å²) in [6, 6.07) is 15.6. The van der Waals surface area contributed by atoms with E-state index in [1.54, 1.807) is 43.3 Å². The topological polar surface area (TPSA) is 98.2 Å². The van der Waals surface area contributed by atoms with Crippen molar-refractivity contribution in [1.82, 2.24) is 5.43 Å². The molecule has 0 saturated carbocycles. The minimum Gasteiger partial charge on any atom is -0.497 e. The molecule has 3 rings (SSSR count). The molecule has 0 spiro atoms. The number of nitrogens with zero attached hydrogens (tertiary/aromatic N) is 1. The SMILES string of the molecule is CCOc1cc(/C=N/NC(=O)c2cccc(OC)c2)cc(Cl)c1OCC(=O)Nc1ccccc1F. The lowest BCUT2D eigenvalue weighted by molar-refractivity contribution is -0.118. The molecular formula is C25H23ClFN3O5. The van der Waals surface area contributed by atoms with Gasteiger partial charge in [-0.15, -0.1) is 0 Å². The van der Waals surface area contributed by atoms with Crippen molar-refractivity contribution in [2.45, 2.75) is 6.92 Å². The number of anilines is 1. The van der Waals surface area contributed by atoms with Crippen LogP contribution in [0.25, 0.3) is 0 Å². The largest absolute Gasteiger partial charge is 0.497 e. The van der Waals surface area contributed by atoms with Crippen LogP contribution in [0, 0.1) is 5.82 Å². The van der Waals surface area contributed by atoms with E-state index in [0.717, 1.165) is 0 Å². The van der Waals surface area contributed by atoms with E-state index in [-0.39, 0.29) is 22.2 Å². The van der Waals surface area contributed by atoms with Gasteiger partial charge in [0.15, 0.2) is 18.1 Å². The van der Waals surface area contributed by atoms with Crippen LogP contribution in [0.2, 0.25) is 5.02 Å². The molecule has 3 aromatic carbocycles. The number of rotatable bonds is 10. The number of benzene rings is 3. The van der Waals surface area contributed by atoms with Gasteiger partial charge in [-0.25, -0.2) is 9.82 Å². The number of methoxy groups -OCH3 is 1. The Morgan fingerprint density at radius 1 is 1.09 bits per heavy atom. The van der Waals surface area contributed by atoms with Crippen LogP contribution in [0.15, 0.2) is 65.8 Å². The van der Waals surface area contributed by atoms with E-state index in [0.29, 0.717) is 23.5 Å². The number of halogens is 2. The molecule has 0 aromatic heterocycles. The molecule has 0 fully saturated rings. The van der Waals surface area contributed by atoms with Crippen LogP contribution >= 0.6 is 11.6 Å². The smallest absolute Gasteiger partial charge is 0.271 e. The zero-order valence-electron chi connectivity index (χ0n) is 19.0. The van der Waals surface area contributed by atoms with E-state index >= 15 is 0 Å². The fourth-order valence-corrected chi connectivity index (χ4v) is 3.22. The maximum Gasteiger partial charge on any atom is 0.271 e. The summed E-state index contributed by atoms with van der Waals surface area (Å²) < 4.78 is 30.0. The van der Waals surface area contributed by atoms with Crippen LogP contribution in [-0.2, 0) is 4.79 Å². The van der Waals surface area contributed by atoms with Gasteiger partial charge in [-0.3, -0.25) is 9.59 Å². The van der Waals surface area contributed by atoms with Crippen molar-refractivity contribution in [3.8, 4) is 17.2 Å². The Morgan fingerprint density at radius 2 is 1.89 bits per heavy atom. The van der Waals surface area contributed by atoms with Crippen LogP contribution < -0.4 is 25.0 Å². The summed E-state index contributed by atoms with van der Waals surface area (Å²) in [5.41, 5.74) is 3.37. The lowest BCUT2D eigenvalue weighted by Crippen LogP contribution is -2.21. The standard InChI is InChI=1S/C25H23ClFN3O5/c1-3-34-22-12-16(14-28-30-25(32)17-7-6-8-18(13-17)33-2)11-19(26)24(22)35-15-23(31)29-21-10-5-4-9-20(21)27/h4-14H,3,15H2,1-2H3,(H,29,31)(H,30,32)/b28-14+. The molecule has 2 amide bonds. The molecule has 0 unspecified atom stereocenters. The Kier molecular flexibility index (Phi) is 9.02. The van der Waals surface area contributed by atoms with Crippen LogP contribution in [0.5, 0.6) is 17.2 Å². The van der Waals surface area contributed by atoms with Gasteiger partial charge in [0, 0.05) is 5.56 Å². The first-order valence-electron chi connectivity index (χ1n) is 10.5. The third-order valence-corrected chi connectivity index (χ3v) is 4.82. The van der Waals surface area contributed by atoms with Crippen molar-refractivity contribution in [3.05, 3.63) is 82.6 Å². The lowest BCUT2D eigenvalue weighted by Gasteiger charge is -2.14. The molecule has 35 heavy (non-hydrogen) atoms. The van der Waals surface area contributed by atoms with Gasteiger partial charge in [-0.05, 0) is 55.0 Å². The highest BCUT2D eigenvalue weighted by Gasteiger charge is 2.15. The number of carbonyl (C=O) groups excluding carboxylic acids is 2. The summed E-state index contributed by atoms with van der Waals surface area (Å²) in [7, 11) is 1.51. The van der Waals surface area contributed by atoms with Crippen molar-refractivity contribution >= 4 is 35.3 Å². The third-order valence-electron chi connectivity index (χ3n) is 4.54. The second-order valence-corrected chi connectivity index (χ2v) is 7.42. The molecule has 182 valence electrons. The Morgan fingerprint density at radius 3 is 2.63 bits per heavy atom. The van der Waals surface area contributed by atoms with Gasteiger partial charge in [-0.1, -0.05) is 29.8 Å². The van der Waals surface area contributed by atoms with Crippen molar-refractivity contribution in [2.75, 3.05) is 25.6 Å². The predicted octanol–water partition coefficient (Wildman–Crippen LogP) is 4.67. The summed E-state index contributed by atoms with van der Waals surface area (Å²) >= 11 is 6.35. The monoisotopic (exact) mass is 499 g/mol. The molecule has 8 nitrogen and oxygen atoms in total. The van der Waals surface area contributed by atoms with Crippen molar-refractivity contribution in [1.29, 1.82) is 0 Å². The molecule has 3 aromatic rings. The maximum atomic E-state index is 13.7. The number of hydrogen-bond acceptors (Lipinski definition) is 6. The molecule has 0 aliphatic heterocycles. The van der Waals surface area contributed by atoms with E-state index in [4.69, 9.17) is 25.8 Å². The zero-order valence-corrected chi connectivity index (χ0v) is 19.8. The minimum atomic E-state index is -0.570. The highest BCUT2D eigenvalue weighted by molar-refractivity contribution is 6.32. The van der Waals surface area contributed by atoms with Gasteiger partial charge >= 0.3 is 0 Å². The number of hydrogen-bond donors (Lipinski definition) is 2. The van der Waals surface area contributed by atoms with Crippen LogP contribution in [0.1, 0.15) is 22.8 Å². The number of para-hydroxylation sites is 1. The van der Waals surface area contributed by atoms with Gasteiger partial charge in [-0.2, -0.15) is 5.10 Å². The number of ether oxygens (including phenoxy) is 3. The zero-order chi connectivity index (χ0) is 25.2. The Balaban J connectivity index is 1.67. The van der Waals surface area contributed by atoms with Gasteiger partial charge in [0.05, 0.1) is 30.6 Å². The summed E-state index contributed by atoms with van der Waals surface area (Å²) in [6.45, 7) is 1.66. The fourth-order valence-electron chi connectivity index (χ4n) is 2.95. The summed E-state index contributed by atoms with van der Waals surface area (Å²) in [5, 5.41) is 6.55. The maximum absolute atomic E-state index is 13.7. The number of hydrazone groups is 1. The van der Waals surface area contributed by atoms with Crippen molar-refractivity contribution in [3.63, 3.8) is 0 Å². The van der Waals surface area contributed by atoms with Gasteiger partial charge in [0.2, 0.25) is 0 Å². The van der Waals surface area contributed by atoms with E-state index in [1.807, 2.05) is 0 Å². The lowest BCUT2D eigenvalue weighted by atomic mass is 10.2.